The Morgan fingerprint density at radius 2 is 2.12 bits per heavy atom. The van der Waals surface area contributed by atoms with Crippen LogP contribution in [0, 0.1) is 5.82 Å². The third kappa shape index (κ3) is 3.84. The largest absolute Gasteiger partial charge is 0.480 e. The van der Waals surface area contributed by atoms with E-state index in [1.165, 1.54) is 18.2 Å². The van der Waals surface area contributed by atoms with Gasteiger partial charge in [-0.15, -0.1) is 0 Å². The Morgan fingerprint density at radius 1 is 1.41 bits per heavy atom. The normalized spacial score (nSPS) is 11.9. The van der Waals surface area contributed by atoms with Gasteiger partial charge in [-0.25, -0.2) is 9.18 Å². The van der Waals surface area contributed by atoms with Crippen molar-refractivity contribution in [3.05, 3.63) is 35.6 Å². The first-order chi connectivity index (χ1) is 8.04. The van der Waals surface area contributed by atoms with E-state index < -0.39 is 23.7 Å². The molecule has 0 unspecified atom stereocenters. The predicted octanol–water partition coefficient (Wildman–Crippen LogP) is 0.391. The minimum Gasteiger partial charge on any atom is -0.480 e. The van der Waals surface area contributed by atoms with Crippen LogP contribution < -0.4 is 5.32 Å². The number of halogens is 1. The second kappa shape index (κ2) is 5.95. The van der Waals surface area contributed by atoms with Crippen molar-refractivity contribution in [2.24, 2.45) is 0 Å². The number of aliphatic hydroxyl groups excluding tert-OH is 1. The van der Waals surface area contributed by atoms with Crippen LogP contribution in [0.3, 0.4) is 0 Å². The average Bonchev–Trinajstić information content (AvgIpc) is 2.28. The van der Waals surface area contributed by atoms with Crippen molar-refractivity contribution < 1.29 is 24.2 Å². The van der Waals surface area contributed by atoms with Crippen LogP contribution in [0.4, 0.5) is 4.39 Å². The Balaban J connectivity index is 2.73. The van der Waals surface area contributed by atoms with E-state index in [1.54, 1.807) is 0 Å². The molecule has 0 aliphatic heterocycles. The third-order valence-electron chi connectivity index (χ3n) is 2.11. The average molecular weight is 241 g/mol. The molecule has 1 atom stereocenters. The molecule has 0 bridgehead atoms. The number of carboxylic acid groups (broad SMARTS) is 1. The predicted molar refractivity (Wildman–Crippen MR) is 57.0 cm³/mol. The van der Waals surface area contributed by atoms with Gasteiger partial charge in [-0.3, -0.25) is 4.79 Å². The number of carbonyl (C=O) groups is 2. The molecule has 17 heavy (non-hydrogen) atoms. The SMILES string of the molecule is O=C(N[C@@H](CCO)C(=O)O)c1cccc(F)c1. The molecular formula is C11H12FNO4. The molecule has 0 radical (unpaired) electrons. The molecule has 92 valence electrons. The number of amides is 1. The lowest BCUT2D eigenvalue weighted by Gasteiger charge is -2.13. The minimum atomic E-state index is -1.25. The third-order valence-corrected chi connectivity index (χ3v) is 2.11. The quantitative estimate of drug-likeness (QED) is 0.696. The van der Waals surface area contributed by atoms with Gasteiger partial charge >= 0.3 is 5.97 Å². The second-order valence-electron chi connectivity index (χ2n) is 3.39. The van der Waals surface area contributed by atoms with Crippen LogP contribution in [0.15, 0.2) is 24.3 Å². The van der Waals surface area contributed by atoms with Crippen LogP contribution >= 0.6 is 0 Å². The van der Waals surface area contributed by atoms with Crippen molar-refractivity contribution in [3.8, 4) is 0 Å². The molecule has 6 heteroatoms. The van der Waals surface area contributed by atoms with Gasteiger partial charge in [0.1, 0.15) is 11.9 Å². The molecule has 0 saturated heterocycles. The Kier molecular flexibility index (Phi) is 4.59. The summed E-state index contributed by atoms with van der Waals surface area (Å²) in [6, 6.07) is 3.73. The van der Waals surface area contributed by atoms with Gasteiger partial charge in [-0.1, -0.05) is 6.07 Å². The summed E-state index contributed by atoms with van der Waals surface area (Å²) in [7, 11) is 0. The second-order valence-corrected chi connectivity index (χ2v) is 3.39. The van der Waals surface area contributed by atoms with Crippen molar-refractivity contribution in [1.82, 2.24) is 5.32 Å². The highest BCUT2D eigenvalue weighted by atomic mass is 19.1. The van der Waals surface area contributed by atoms with Gasteiger partial charge < -0.3 is 15.5 Å². The molecule has 0 aliphatic rings. The Hall–Kier alpha value is -1.95. The number of nitrogens with one attached hydrogen (secondary N) is 1. The Morgan fingerprint density at radius 3 is 2.65 bits per heavy atom. The number of aliphatic hydroxyl groups is 1. The van der Waals surface area contributed by atoms with E-state index in [4.69, 9.17) is 10.2 Å². The van der Waals surface area contributed by atoms with Gasteiger partial charge in [0, 0.05) is 18.6 Å². The van der Waals surface area contributed by atoms with Crippen LogP contribution in [-0.2, 0) is 4.79 Å². The standard InChI is InChI=1S/C11H12FNO4/c12-8-3-1-2-7(6-8)10(15)13-9(4-5-14)11(16)17/h1-3,6,9,14H,4-5H2,(H,13,15)(H,16,17)/t9-/m0/s1. The zero-order valence-corrected chi connectivity index (χ0v) is 8.89. The molecule has 1 amide bonds. The number of carbonyl (C=O) groups excluding carboxylic acids is 1. The van der Waals surface area contributed by atoms with E-state index in [2.05, 4.69) is 5.32 Å². The fourth-order valence-corrected chi connectivity index (χ4v) is 1.26. The summed E-state index contributed by atoms with van der Waals surface area (Å²) in [6.07, 6.45) is -0.101. The summed E-state index contributed by atoms with van der Waals surface area (Å²) in [6.45, 7) is -0.361. The molecule has 0 heterocycles. The lowest BCUT2D eigenvalue weighted by atomic mass is 10.1. The van der Waals surface area contributed by atoms with Gasteiger partial charge in [-0.2, -0.15) is 0 Å². The van der Waals surface area contributed by atoms with Crippen molar-refractivity contribution in [3.63, 3.8) is 0 Å². The summed E-state index contributed by atoms with van der Waals surface area (Å²) in [4.78, 5) is 22.3. The lowest BCUT2D eigenvalue weighted by Crippen LogP contribution is -2.41. The van der Waals surface area contributed by atoms with Gasteiger partial charge in [0.25, 0.3) is 5.91 Å². The van der Waals surface area contributed by atoms with Crippen molar-refractivity contribution in [2.75, 3.05) is 6.61 Å². The fraction of sp³-hybridized carbons (Fsp3) is 0.273. The molecule has 0 aliphatic carbocycles. The summed E-state index contributed by atoms with van der Waals surface area (Å²) in [5.41, 5.74) is 0.0363. The maximum absolute atomic E-state index is 12.8. The molecule has 0 fully saturated rings. The van der Waals surface area contributed by atoms with Crippen molar-refractivity contribution in [2.45, 2.75) is 12.5 Å². The van der Waals surface area contributed by atoms with E-state index in [1.807, 2.05) is 0 Å². The first-order valence-corrected chi connectivity index (χ1v) is 4.94. The van der Waals surface area contributed by atoms with Crippen LogP contribution in [-0.4, -0.2) is 34.7 Å². The lowest BCUT2D eigenvalue weighted by molar-refractivity contribution is -0.139. The number of carboxylic acids is 1. The topological polar surface area (TPSA) is 86.6 Å². The van der Waals surface area contributed by atoms with Crippen molar-refractivity contribution >= 4 is 11.9 Å². The summed E-state index contributed by atoms with van der Waals surface area (Å²) in [5.74, 6) is -2.51. The molecule has 1 rings (SSSR count). The highest BCUT2D eigenvalue weighted by Gasteiger charge is 2.19. The van der Waals surface area contributed by atoms with Crippen LogP contribution in [0.25, 0.3) is 0 Å². The Bertz CT molecular complexity index is 422. The van der Waals surface area contributed by atoms with E-state index >= 15 is 0 Å². The maximum atomic E-state index is 12.8. The zero-order valence-electron chi connectivity index (χ0n) is 8.89. The summed E-state index contributed by atoms with van der Waals surface area (Å²) < 4.78 is 12.8. The molecule has 1 aromatic carbocycles. The van der Waals surface area contributed by atoms with Crippen LogP contribution in [0.5, 0.6) is 0 Å². The first-order valence-electron chi connectivity index (χ1n) is 4.94. The number of rotatable bonds is 5. The molecule has 0 saturated carbocycles. The van der Waals surface area contributed by atoms with Crippen LogP contribution in [0.2, 0.25) is 0 Å². The minimum absolute atomic E-state index is 0.0363. The first kappa shape index (κ1) is 13.1. The monoisotopic (exact) mass is 241 g/mol. The van der Waals surface area contributed by atoms with E-state index in [-0.39, 0.29) is 18.6 Å². The molecule has 0 aromatic heterocycles. The highest BCUT2D eigenvalue weighted by molar-refractivity contribution is 5.96. The van der Waals surface area contributed by atoms with Gasteiger partial charge in [0.2, 0.25) is 0 Å². The van der Waals surface area contributed by atoms with Gasteiger partial charge in [-0.05, 0) is 18.2 Å². The van der Waals surface area contributed by atoms with E-state index in [0.717, 1.165) is 6.07 Å². The van der Waals surface area contributed by atoms with Gasteiger partial charge in [0.15, 0.2) is 0 Å². The molecule has 5 nitrogen and oxygen atoms in total. The molecule has 0 spiro atoms. The maximum Gasteiger partial charge on any atom is 0.326 e. The number of benzene rings is 1. The van der Waals surface area contributed by atoms with Crippen LogP contribution in [0.1, 0.15) is 16.8 Å². The molecule has 1 aromatic rings. The zero-order chi connectivity index (χ0) is 12.8. The molecular weight excluding hydrogens is 229 g/mol. The fourth-order valence-electron chi connectivity index (χ4n) is 1.26. The smallest absolute Gasteiger partial charge is 0.326 e. The number of aliphatic carboxylic acids is 1. The van der Waals surface area contributed by atoms with Gasteiger partial charge in [0.05, 0.1) is 0 Å². The van der Waals surface area contributed by atoms with Crippen molar-refractivity contribution in [1.29, 1.82) is 0 Å². The number of hydrogen-bond donors (Lipinski definition) is 3. The van der Waals surface area contributed by atoms with E-state index in [0.29, 0.717) is 0 Å². The summed E-state index contributed by atoms with van der Waals surface area (Å²) >= 11 is 0. The summed E-state index contributed by atoms with van der Waals surface area (Å²) in [5, 5.41) is 19.6. The Labute approximate surface area is 96.9 Å². The van der Waals surface area contributed by atoms with E-state index in [9.17, 15) is 14.0 Å². The highest BCUT2D eigenvalue weighted by Crippen LogP contribution is 2.04. The number of hydrogen-bond acceptors (Lipinski definition) is 3. The molecule has 3 N–H and O–H groups in total.